The van der Waals surface area contributed by atoms with E-state index < -0.39 is 31.3 Å². The molecule has 0 saturated heterocycles. The Balaban J connectivity index is 0. The molecule has 0 heterocycles. The fourth-order valence-electron chi connectivity index (χ4n) is 1.77. The normalized spacial score (nSPS) is 12.1. The average molecular weight is 568 g/mol. The number of nitro groups is 1. The molecule has 0 unspecified atom stereocenters. The van der Waals surface area contributed by atoms with Gasteiger partial charge in [-0.1, -0.05) is 12.1 Å². The number of rotatable bonds is 2. The lowest BCUT2D eigenvalue weighted by molar-refractivity contribution is -0.383. The van der Waals surface area contributed by atoms with Crippen molar-refractivity contribution in [3.8, 4) is 0 Å². The number of benzene rings is 2. The van der Waals surface area contributed by atoms with Crippen LogP contribution in [0.25, 0.3) is 10.8 Å². The minimum atomic E-state index is -6.09. The van der Waals surface area contributed by atoms with Crippen LogP contribution in [0, 0.1) is 10.1 Å². The summed E-state index contributed by atoms with van der Waals surface area (Å²) in [7, 11) is -11.8. The van der Waals surface area contributed by atoms with E-state index in [0.29, 0.717) is 0 Å². The van der Waals surface area contributed by atoms with Gasteiger partial charge in [0.05, 0.1) is 10.3 Å². The van der Waals surface area contributed by atoms with Crippen molar-refractivity contribution in [3.05, 3.63) is 46.5 Å². The van der Waals surface area contributed by atoms with Crippen LogP contribution in [0.15, 0.2) is 41.3 Å². The van der Waals surface area contributed by atoms with Gasteiger partial charge in [0.15, 0.2) is 15.0 Å². The second-order valence-corrected chi connectivity index (χ2v) is 10.4. The van der Waals surface area contributed by atoms with E-state index >= 15 is 0 Å². The van der Waals surface area contributed by atoms with Crippen molar-refractivity contribution in [3.63, 3.8) is 0 Å². The van der Waals surface area contributed by atoms with E-state index in [1.54, 1.807) is 6.07 Å². The molecule has 19 heteroatoms. The zero-order valence-electron chi connectivity index (χ0n) is 16.2. The molecule has 0 aromatic heterocycles. The van der Waals surface area contributed by atoms with Crippen LogP contribution in [0.2, 0.25) is 0 Å². The summed E-state index contributed by atoms with van der Waals surface area (Å²) in [4.78, 5) is 11.8. The summed E-state index contributed by atoms with van der Waals surface area (Å²) >= 11 is 0. The Morgan fingerprint density at radius 1 is 0.879 bits per heavy atom. The van der Waals surface area contributed by atoms with Crippen molar-refractivity contribution in [2.24, 2.45) is 0 Å². The number of hydrogen-bond donors (Lipinski definition) is 1. The molecular weight excluding hydrogens is 552 g/mol. The maximum Gasteiger partial charge on any atom is 0.522 e. The van der Waals surface area contributed by atoms with E-state index in [9.17, 15) is 36.5 Å². The molecule has 1 N–H and O–H groups in total. The Bertz CT molecular complexity index is 1120. The van der Waals surface area contributed by atoms with E-state index in [1.165, 1.54) is 4.90 Å². The first-order valence-electron chi connectivity index (χ1n) is 7.41. The molecule has 2 rings (SSSR count). The smallest absolute Gasteiger partial charge is 0.522 e. The molecule has 0 fully saturated rings. The van der Waals surface area contributed by atoms with Crippen molar-refractivity contribution in [2.75, 3.05) is 12.5 Å². The van der Waals surface area contributed by atoms with Gasteiger partial charge in [0.25, 0.3) is 5.69 Å². The molecule has 9 nitrogen and oxygen atoms in total. The Labute approximate surface area is 193 Å². The molecule has 0 radical (unpaired) electrons. The summed E-state index contributed by atoms with van der Waals surface area (Å²) in [6, 6.07) is 11.0. The van der Waals surface area contributed by atoms with Gasteiger partial charge in [0, 0.05) is 28.4 Å². The zero-order valence-corrected chi connectivity index (χ0v) is 19.7. The number of fused-ring (bicyclic) bond motifs is 1. The van der Waals surface area contributed by atoms with E-state index in [4.69, 9.17) is 25.9 Å². The second-order valence-electron chi connectivity index (χ2n) is 5.52. The summed E-state index contributed by atoms with van der Waals surface area (Å²) in [5.41, 5.74) is -11.0. The highest BCUT2D eigenvalue weighted by molar-refractivity contribution is 7.95. The molecule has 0 spiro atoms. The van der Waals surface area contributed by atoms with Gasteiger partial charge in [-0.3, -0.25) is 14.7 Å². The Hall–Kier alpha value is -1.80. The van der Waals surface area contributed by atoms with Gasteiger partial charge in [-0.2, -0.15) is 48.3 Å². The van der Waals surface area contributed by atoms with Crippen molar-refractivity contribution in [1.29, 1.82) is 0 Å². The quantitative estimate of drug-likeness (QED) is 0.144. The van der Waals surface area contributed by atoms with Crippen LogP contribution in [0.1, 0.15) is 0 Å². The lowest BCUT2D eigenvalue weighted by Gasteiger charge is -2.08. The number of nitro benzene ring substituents is 1. The summed E-state index contributed by atoms with van der Waals surface area (Å²) in [5.74, 6) is 0. The minimum Gasteiger partial charge on any atom is -0.741 e. The lowest BCUT2D eigenvalue weighted by atomic mass is 10.1. The fourth-order valence-corrected chi connectivity index (χ4v) is 2.73. The number of alkyl halides is 6. The molecule has 2 aromatic rings. The third-order valence-corrected chi connectivity index (χ3v) is 5.46. The maximum absolute atomic E-state index is 10.9. The molecule has 2 aromatic carbocycles. The Morgan fingerprint density at radius 2 is 1.24 bits per heavy atom. The topological polar surface area (TPSA) is 155 Å². The maximum atomic E-state index is 10.9. The SMILES string of the molecule is C[S+](C)c1ccc([N+](=O)[O-])c2ccccc12.O=S(=O)(O)C(F)(F)F.O=S(=O)([O-])C(F)(F)F.S. The monoisotopic (exact) mass is 567 g/mol. The zero-order chi connectivity index (χ0) is 25.7. The molecule has 0 atom stereocenters. The highest BCUT2D eigenvalue weighted by Crippen LogP contribution is 2.30. The van der Waals surface area contributed by atoms with Crippen LogP contribution < -0.4 is 0 Å². The van der Waals surface area contributed by atoms with Gasteiger partial charge in [-0.05, 0) is 12.1 Å². The number of hydrogen-bond acceptors (Lipinski definition) is 7. The van der Waals surface area contributed by atoms with Gasteiger partial charge in [0.1, 0.15) is 12.5 Å². The second kappa shape index (κ2) is 12.1. The van der Waals surface area contributed by atoms with Gasteiger partial charge < -0.3 is 4.55 Å². The standard InChI is InChI=1S/C12H12NO2S.2CHF3O3S.H2S/c1-16(2)12-8-7-11(13(14)15)9-5-3-4-6-10(9)12;2*2-1(3,4)8(5,6)7;/h3-8H,1-2H3;2*(H,5,6,7);1H2/q+1;;;/p-1. The van der Waals surface area contributed by atoms with Crippen molar-refractivity contribution in [1.82, 2.24) is 0 Å². The Kier molecular flexibility index (Phi) is 12.2. The molecule has 0 saturated carbocycles. The van der Waals surface area contributed by atoms with E-state index in [0.717, 1.165) is 10.8 Å². The van der Waals surface area contributed by atoms with Gasteiger partial charge >= 0.3 is 21.1 Å². The molecule has 0 bridgehead atoms. The van der Waals surface area contributed by atoms with Crippen molar-refractivity contribution in [2.45, 2.75) is 15.9 Å². The van der Waals surface area contributed by atoms with Gasteiger partial charge in [0.2, 0.25) is 0 Å². The molecule has 0 aliphatic rings. The molecular formula is C14H15F6NO8S4. The van der Waals surface area contributed by atoms with Gasteiger partial charge in [-0.15, -0.1) is 0 Å². The number of non-ortho nitro benzene ring substituents is 1. The Morgan fingerprint density at radius 3 is 1.52 bits per heavy atom. The molecule has 33 heavy (non-hydrogen) atoms. The van der Waals surface area contributed by atoms with Crippen LogP contribution in [0.3, 0.4) is 0 Å². The minimum absolute atomic E-state index is 0. The average Bonchev–Trinajstić information content (AvgIpc) is 2.58. The number of halogens is 6. The van der Waals surface area contributed by atoms with Crippen LogP contribution >= 0.6 is 13.5 Å². The summed E-state index contributed by atoms with van der Waals surface area (Å²) in [6.07, 6.45) is 4.24. The van der Waals surface area contributed by atoms with Crippen LogP contribution in [-0.4, -0.2) is 54.4 Å². The molecule has 0 aliphatic carbocycles. The molecule has 190 valence electrons. The largest absolute Gasteiger partial charge is 0.741 e. The predicted molar refractivity (Wildman–Crippen MR) is 112 cm³/mol. The van der Waals surface area contributed by atoms with E-state index in [2.05, 4.69) is 12.5 Å². The first-order valence-corrected chi connectivity index (χ1v) is 12.3. The van der Waals surface area contributed by atoms with Crippen LogP contribution in [-0.2, 0) is 31.1 Å². The van der Waals surface area contributed by atoms with E-state index in [-0.39, 0.29) is 35.0 Å². The third-order valence-electron chi connectivity index (χ3n) is 3.07. The first kappa shape index (κ1) is 33.4. The van der Waals surface area contributed by atoms with Gasteiger partial charge in [-0.25, -0.2) is 8.42 Å². The highest BCUT2D eigenvalue weighted by Gasteiger charge is 2.44. The summed E-state index contributed by atoms with van der Waals surface area (Å²) in [5, 5.41) is 12.6. The highest BCUT2D eigenvalue weighted by atomic mass is 32.2. The summed E-state index contributed by atoms with van der Waals surface area (Å²) in [6.45, 7) is 0. The van der Waals surface area contributed by atoms with Crippen molar-refractivity contribution >= 4 is 61.1 Å². The first-order chi connectivity index (χ1) is 14.1. The molecule has 0 amide bonds. The third kappa shape index (κ3) is 10.3. The lowest BCUT2D eigenvalue weighted by Crippen LogP contribution is -2.21. The van der Waals surface area contributed by atoms with Crippen molar-refractivity contribution < 1.29 is 57.2 Å². The predicted octanol–water partition coefficient (Wildman–Crippen LogP) is 3.54. The van der Waals surface area contributed by atoms with E-state index in [1.807, 2.05) is 30.3 Å². The fraction of sp³-hybridized carbons (Fsp3) is 0.286. The molecule has 0 aliphatic heterocycles. The number of nitrogens with zero attached hydrogens (tertiary/aromatic N) is 1. The summed E-state index contributed by atoms with van der Waals surface area (Å²) < 4.78 is 116. The van der Waals surface area contributed by atoms with Crippen LogP contribution in [0.4, 0.5) is 32.0 Å². The van der Waals surface area contributed by atoms with Crippen LogP contribution in [0.5, 0.6) is 0 Å².